The number of nitrogens with one attached hydrogen (secondary N) is 1. The molecule has 0 bridgehead atoms. The highest BCUT2D eigenvalue weighted by atomic mass is 32.1. The fourth-order valence-corrected chi connectivity index (χ4v) is 4.15. The van der Waals surface area contributed by atoms with E-state index in [1.54, 1.807) is 13.8 Å². The first-order valence-electron chi connectivity index (χ1n) is 8.15. The highest BCUT2D eigenvalue weighted by Gasteiger charge is 2.29. The third-order valence-electron chi connectivity index (χ3n) is 3.88. The Hall–Kier alpha value is -1.89. The number of ether oxygens (including phenoxy) is 1. The van der Waals surface area contributed by atoms with Gasteiger partial charge in [-0.2, -0.15) is 0 Å². The molecule has 0 spiro atoms. The Morgan fingerprint density at radius 2 is 2.04 bits per heavy atom. The summed E-state index contributed by atoms with van der Waals surface area (Å²) in [6.45, 7) is 5.73. The van der Waals surface area contributed by atoms with E-state index in [0.717, 1.165) is 29.7 Å². The molecule has 1 heterocycles. The van der Waals surface area contributed by atoms with E-state index in [-0.39, 0.29) is 18.9 Å². The maximum atomic E-state index is 12.5. The zero-order valence-corrected chi connectivity index (χ0v) is 15.0. The first-order valence-corrected chi connectivity index (χ1v) is 8.96. The maximum absolute atomic E-state index is 12.5. The van der Waals surface area contributed by atoms with Crippen LogP contribution in [0.4, 0.5) is 5.00 Å². The lowest BCUT2D eigenvalue weighted by molar-refractivity contribution is -0.138. The monoisotopic (exact) mass is 353 g/mol. The molecular weight excluding hydrogens is 330 g/mol. The second-order valence-corrected chi connectivity index (χ2v) is 7.56. The summed E-state index contributed by atoms with van der Waals surface area (Å²) in [7, 11) is 0. The van der Waals surface area contributed by atoms with E-state index in [2.05, 4.69) is 12.2 Å². The lowest BCUT2D eigenvalue weighted by Gasteiger charge is -2.18. The molecule has 6 nitrogen and oxygen atoms in total. The molecule has 7 heteroatoms. The van der Waals surface area contributed by atoms with Gasteiger partial charge >= 0.3 is 11.9 Å². The van der Waals surface area contributed by atoms with E-state index in [4.69, 9.17) is 9.84 Å². The van der Waals surface area contributed by atoms with Crippen molar-refractivity contribution in [1.82, 2.24) is 0 Å². The number of carbonyl (C=O) groups is 3. The zero-order valence-electron chi connectivity index (χ0n) is 14.2. The molecule has 24 heavy (non-hydrogen) atoms. The topological polar surface area (TPSA) is 92.7 Å². The molecule has 2 rings (SSSR count). The Morgan fingerprint density at radius 1 is 1.33 bits per heavy atom. The van der Waals surface area contributed by atoms with Crippen LogP contribution in [0.15, 0.2) is 0 Å². The van der Waals surface area contributed by atoms with Gasteiger partial charge in [0, 0.05) is 11.3 Å². The van der Waals surface area contributed by atoms with Gasteiger partial charge in [-0.1, -0.05) is 6.92 Å². The number of anilines is 1. The summed E-state index contributed by atoms with van der Waals surface area (Å²) < 4.78 is 5.33. The molecule has 1 unspecified atom stereocenters. The molecule has 1 aromatic heterocycles. The number of hydrogen-bond donors (Lipinski definition) is 2. The van der Waals surface area contributed by atoms with Crippen molar-refractivity contribution in [2.45, 2.75) is 59.0 Å². The van der Waals surface area contributed by atoms with E-state index in [0.29, 0.717) is 16.5 Å². The standard InChI is InChI=1S/C17H23NO5S/c1-9(2)23-17(22)15-11-5-4-10(3)8-12(11)24-16(15)18-13(19)6-7-14(20)21/h9-10H,4-8H2,1-3H3,(H,18,19)(H,20,21). The molecule has 1 aliphatic rings. The normalized spacial score (nSPS) is 16.6. The highest BCUT2D eigenvalue weighted by molar-refractivity contribution is 7.17. The van der Waals surface area contributed by atoms with Gasteiger partial charge in [-0.25, -0.2) is 4.79 Å². The summed E-state index contributed by atoms with van der Waals surface area (Å²) >= 11 is 1.40. The Labute approximate surface area is 145 Å². The number of rotatable bonds is 6. The molecular formula is C17H23NO5S. The Morgan fingerprint density at radius 3 is 2.67 bits per heavy atom. The molecule has 1 aromatic rings. The van der Waals surface area contributed by atoms with Gasteiger partial charge in [0.2, 0.25) is 5.91 Å². The molecule has 0 radical (unpaired) electrons. The second kappa shape index (κ2) is 7.79. The number of aliphatic carboxylic acids is 1. The first kappa shape index (κ1) is 18.4. The summed E-state index contributed by atoms with van der Waals surface area (Å²) in [6, 6.07) is 0. The van der Waals surface area contributed by atoms with Gasteiger partial charge in [-0.15, -0.1) is 11.3 Å². The molecule has 1 amide bonds. The van der Waals surface area contributed by atoms with Crippen LogP contribution >= 0.6 is 11.3 Å². The Kier molecular flexibility index (Phi) is 5.99. The van der Waals surface area contributed by atoms with Crippen molar-refractivity contribution >= 4 is 34.2 Å². The van der Waals surface area contributed by atoms with Gasteiger partial charge < -0.3 is 15.2 Å². The van der Waals surface area contributed by atoms with Gasteiger partial charge in [0.05, 0.1) is 18.1 Å². The summed E-state index contributed by atoms with van der Waals surface area (Å²) in [5.41, 5.74) is 1.41. The third-order valence-corrected chi connectivity index (χ3v) is 5.05. The van der Waals surface area contributed by atoms with E-state index < -0.39 is 17.8 Å². The number of esters is 1. The zero-order chi connectivity index (χ0) is 17.9. The fraction of sp³-hybridized carbons (Fsp3) is 0.588. The minimum atomic E-state index is -1.02. The maximum Gasteiger partial charge on any atom is 0.341 e. The molecule has 2 N–H and O–H groups in total. The Bertz CT molecular complexity index is 650. The highest BCUT2D eigenvalue weighted by Crippen LogP contribution is 2.40. The van der Waals surface area contributed by atoms with Gasteiger partial charge in [0.25, 0.3) is 0 Å². The molecule has 132 valence electrons. The molecule has 0 saturated carbocycles. The number of fused-ring (bicyclic) bond motifs is 1. The summed E-state index contributed by atoms with van der Waals surface area (Å²) in [4.78, 5) is 36.2. The van der Waals surface area contributed by atoms with Crippen LogP contribution in [0.1, 0.15) is 60.8 Å². The molecule has 0 aromatic carbocycles. The summed E-state index contributed by atoms with van der Waals surface area (Å²) in [5.74, 6) is -1.31. The first-order chi connectivity index (χ1) is 11.3. The van der Waals surface area contributed by atoms with Crippen LogP contribution in [-0.4, -0.2) is 29.1 Å². The minimum Gasteiger partial charge on any atom is -0.481 e. The number of thiophene rings is 1. The lowest BCUT2D eigenvalue weighted by Crippen LogP contribution is -2.19. The van der Waals surface area contributed by atoms with E-state index >= 15 is 0 Å². The van der Waals surface area contributed by atoms with Crippen LogP contribution in [0.25, 0.3) is 0 Å². The fourth-order valence-electron chi connectivity index (χ4n) is 2.74. The van der Waals surface area contributed by atoms with Gasteiger partial charge in [0.15, 0.2) is 0 Å². The third kappa shape index (κ3) is 4.56. The van der Waals surface area contributed by atoms with Crippen LogP contribution in [0.5, 0.6) is 0 Å². The van der Waals surface area contributed by atoms with Crippen LogP contribution in [-0.2, 0) is 27.2 Å². The van der Waals surface area contributed by atoms with Crippen LogP contribution in [0, 0.1) is 5.92 Å². The largest absolute Gasteiger partial charge is 0.481 e. The summed E-state index contributed by atoms with van der Waals surface area (Å²) in [5, 5.41) is 11.9. The average molecular weight is 353 g/mol. The van der Waals surface area contributed by atoms with E-state index in [1.165, 1.54) is 11.3 Å². The van der Waals surface area contributed by atoms with Gasteiger partial charge in [0.1, 0.15) is 5.00 Å². The quantitative estimate of drug-likeness (QED) is 0.766. The minimum absolute atomic E-state index is 0.118. The molecule has 0 fully saturated rings. The number of carbonyl (C=O) groups excluding carboxylic acids is 2. The van der Waals surface area contributed by atoms with E-state index in [9.17, 15) is 14.4 Å². The van der Waals surface area contributed by atoms with Crippen molar-refractivity contribution in [3.63, 3.8) is 0 Å². The van der Waals surface area contributed by atoms with Crippen molar-refractivity contribution in [2.24, 2.45) is 5.92 Å². The lowest BCUT2D eigenvalue weighted by atomic mass is 9.88. The molecule has 1 aliphatic carbocycles. The molecule has 0 aliphatic heterocycles. The Balaban J connectivity index is 2.26. The second-order valence-electron chi connectivity index (χ2n) is 6.45. The average Bonchev–Trinajstić information content (AvgIpc) is 2.81. The van der Waals surface area contributed by atoms with Crippen LogP contribution < -0.4 is 5.32 Å². The predicted octanol–water partition coefficient (Wildman–Crippen LogP) is 3.24. The van der Waals surface area contributed by atoms with Crippen molar-refractivity contribution in [3.8, 4) is 0 Å². The van der Waals surface area contributed by atoms with Crippen molar-refractivity contribution in [2.75, 3.05) is 5.32 Å². The van der Waals surface area contributed by atoms with Crippen LogP contribution in [0.3, 0.4) is 0 Å². The molecule has 0 saturated heterocycles. The van der Waals surface area contributed by atoms with Crippen LogP contribution in [0.2, 0.25) is 0 Å². The van der Waals surface area contributed by atoms with Crippen molar-refractivity contribution < 1.29 is 24.2 Å². The predicted molar refractivity (Wildman–Crippen MR) is 91.6 cm³/mol. The molecule has 1 atom stereocenters. The smallest absolute Gasteiger partial charge is 0.341 e. The number of carboxylic acids is 1. The van der Waals surface area contributed by atoms with Crippen molar-refractivity contribution in [3.05, 3.63) is 16.0 Å². The summed E-state index contributed by atoms with van der Waals surface area (Å²) in [6.07, 6.45) is 2.07. The number of hydrogen-bond acceptors (Lipinski definition) is 5. The van der Waals surface area contributed by atoms with E-state index in [1.807, 2.05) is 0 Å². The van der Waals surface area contributed by atoms with Gasteiger partial charge in [-0.05, 0) is 44.6 Å². The SMILES string of the molecule is CC1CCc2c(sc(NC(=O)CCC(=O)O)c2C(=O)OC(C)C)C1. The number of carboxylic acid groups (broad SMARTS) is 1. The van der Waals surface area contributed by atoms with Gasteiger partial charge in [-0.3, -0.25) is 9.59 Å². The van der Waals surface area contributed by atoms with Crippen molar-refractivity contribution in [1.29, 1.82) is 0 Å². The number of amides is 1.